The molecule has 0 unspecified atom stereocenters. The second-order valence-electron chi connectivity index (χ2n) is 4.52. The number of hydrogen-bond acceptors (Lipinski definition) is 5. The molecule has 0 aliphatic carbocycles. The SMILES string of the molecule is COc1ccccc1Nc1nc(Cl)nc2c1CCNC2. The number of fused-ring (bicyclic) bond motifs is 1. The predicted molar refractivity (Wildman–Crippen MR) is 78.7 cm³/mol. The lowest BCUT2D eigenvalue weighted by Gasteiger charge is -2.20. The van der Waals surface area contributed by atoms with Crippen LogP contribution < -0.4 is 15.4 Å². The minimum Gasteiger partial charge on any atom is -0.495 e. The standard InChI is InChI=1S/C14H15ClN4O/c1-20-12-5-3-2-4-10(12)17-13-9-6-7-16-8-11(9)18-14(15)19-13/h2-5,16H,6-8H2,1H3,(H,17,18,19). The van der Waals surface area contributed by atoms with Crippen molar-refractivity contribution in [2.45, 2.75) is 13.0 Å². The molecule has 2 N–H and O–H groups in total. The Kier molecular flexibility index (Phi) is 3.71. The molecule has 0 spiro atoms. The summed E-state index contributed by atoms with van der Waals surface area (Å²) >= 11 is 6.00. The van der Waals surface area contributed by atoms with Gasteiger partial charge >= 0.3 is 0 Å². The summed E-state index contributed by atoms with van der Waals surface area (Å²) in [6.07, 6.45) is 0.879. The van der Waals surface area contributed by atoms with Gasteiger partial charge in [0, 0.05) is 12.1 Å². The average Bonchev–Trinajstić information content (AvgIpc) is 2.47. The zero-order chi connectivity index (χ0) is 13.9. The molecule has 1 aliphatic rings. The first-order valence-electron chi connectivity index (χ1n) is 6.44. The van der Waals surface area contributed by atoms with Gasteiger partial charge in [-0.2, -0.15) is 0 Å². The lowest BCUT2D eigenvalue weighted by atomic mass is 10.1. The molecule has 0 atom stereocenters. The first-order chi connectivity index (χ1) is 9.78. The Labute approximate surface area is 122 Å². The fourth-order valence-corrected chi connectivity index (χ4v) is 2.49. The zero-order valence-electron chi connectivity index (χ0n) is 11.1. The van der Waals surface area contributed by atoms with Crippen LogP contribution in [0.5, 0.6) is 5.75 Å². The summed E-state index contributed by atoms with van der Waals surface area (Å²) in [4.78, 5) is 8.60. The third-order valence-electron chi connectivity index (χ3n) is 3.27. The van der Waals surface area contributed by atoms with Crippen LogP contribution in [0.1, 0.15) is 11.3 Å². The van der Waals surface area contributed by atoms with Gasteiger partial charge in [-0.05, 0) is 36.7 Å². The van der Waals surface area contributed by atoms with Crippen molar-refractivity contribution in [1.29, 1.82) is 0 Å². The van der Waals surface area contributed by atoms with Crippen LogP contribution in [-0.4, -0.2) is 23.6 Å². The molecule has 0 fully saturated rings. The molecule has 1 aromatic heterocycles. The Morgan fingerprint density at radius 2 is 2.15 bits per heavy atom. The molecule has 20 heavy (non-hydrogen) atoms. The van der Waals surface area contributed by atoms with Gasteiger partial charge in [-0.3, -0.25) is 0 Å². The van der Waals surface area contributed by atoms with Crippen LogP contribution >= 0.6 is 11.6 Å². The van der Waals surface area contributed by atoms with Crippen molar-refractivity contribution in [2.75, 3.05) is 19.0 Å². The lowest BCUT2D eigenvalue weighted by molar-refractivity contribution is 0.417. The molecule has 0 saturated heterocycles. The fourth-order valence-electron chi connectivity index (χ4n) is 2.31. The van der Waals surface area contributed by atoms with Crippen LogP contribution in [0.15, 0.2) is 24.3 Å². The molecule has 2 aromatic rings. The number of para-hydroxylation sites is 2. The van der Waals surface area contributed by atoms with Crippen LogP contribution in [0, 0.1) is 0 Å². The summed E-state index contributed by atoms with van der Waals surface area (Å²) in [7, 11) is 1.65. The number of nitrogens with zero attached hydrogens (tertiary/aromatic N) is 2. The molecule has 3 rings (SSSR count). The minimum atomic E-state index is 0.254. The molecule has 0 amide bonds. The number of benzene rings is 1. The Bertz CT molecular complexity index is 633. The number of rotatable bonds is 3. The number of halogens is 1. The normalized spacial score (nSPS) is 13.7. The molecular formula is C14H15ClN4O. The first-order valence-corrected chi connectivity index (χ1v) is 6.82. The van der Waals surface area contributed by atoms with Crippen molar-refractivity contribution in [1.82, 2.24) is 15.3 Å². The number of methoxy groups -OCH3 is 1. The highest BCUT2D eigenvalue weighted by atomic mass is 35.5. The summed E-state index contributed by atoms with van der Waals surface area (Å²) in [6.45, 7) is 1.64. The molecule has 104 valence electrons. The van der Waals surface area contributed by atoms with E-state index in [1.165, 1.54) is 0 Å². The second-order valence-corrected chi connectivity index (χ2v) is 4.86. The summed E-state index contributed by atoms with van der Waals surface area (Å²) in [5.74, 6) is 1.52. The van der Waals surface area contributed by atoms with Crippen molar-refractivity contribution in [3.63, 3.8) is 0 Å². The molecule has 0 bridgehead atoms. The molecule has 0 saturated carbocycles. The first kappa shape index (κ1) is 13.1. The van der Waals surface area contributed by atoms with Gasteiger partial charge in [0.1, 0.15) is 11.6 Å². The van der Waals surface area contributed by atoms with E-state index in [0.717, 1.165) is 48.0 Å². The molecule has 1 aromatic carbocycles. The molecule has 2 heterocycles. The predicted octanol–water partition coefficient (Wildman–Crippen LogP) is 2.53. The smallest absolute Gasteiger partial charge is 0.224 e. The highest BCUT2D eigenvalue weighted by Crippen LogP contribution is 2.30. The van der Waals surface area contributed by atoms with Crippen LogP contribution in [0.2, 0.25) is 5.28 Å². The van der Waals surface area contributed by atoms with E-state index < -0.39 is 0 Å². The van der Waals surface area contributed by atoms with Gasteiger partial charge in [-0.15, -0.1) is 0 Å². The zero-order valence-corrected chi connectivity index (χ0v) is 11.9. The average molecular weight is 291 g/mol. The number of ether oxygens (including phenoxy) is 1. The third-order valence-corrected chi connectivity index (χ3v) is 3.44. The molecule has 1 aliphatic heterocycles. The maximum Gasteiger partial charge on any atom is 0.224 e. The van der Waals surface area contributed by atoms with E-state index in [2.05, 4.69) is 20.6 Å². The maximum atomic E-state index is 6.00. The second kappa shape index (κ2) is 5.64. The largest absolute Gasteiger partial charge is 0.495 e. The summed E-state index contributed by atoms with van der Waals surface area (Å²) in [5, 5.41) is 6.84. The van der Waals surface area contributed by atoms with Gasteiger partial charge in [0.05, 0.1) is 18.5 Å². The maximum absolute atomic E-state index is 6.00. The monoisotopic (exact) mass is 290 g/mol. The van der Waals surface area contributed by atoms with Gasteiger partial charge < -0.3 is 15.4 Å². The third kappa shape index (κ3) is 2.55. The highest BCUT2D eigenvalue weighted by Gasteiger charge is 2.17. The van der Waals surface area contributed by atoms with Crippen molar-refractivity contribution in [3.8, 4) is 5.75 Å². The fraction of sp³-hybridized carbons (Fsp3) is 0.286. The van der Waals surface area contributed by atoms with E-state index in [9.17, 15) is 0 Å². The number of anilines is 2. The van der Waals surface area contributed by atoms with E-state index in [1.54, 1.807) is 7.11 Å². The number of aromatic nitrogens is 2. The van der Waals surface area contributed by atoms with E-state index in [1.807, 2.05) is 24.3 Å². The van der Waals surface area contributed by atoms with Gasteiger partial charge in [-0.25, -0.2) is 9.97 Å². The summed E-state index contributed by atoms with van der Waals surface area (Å²) < 4.78 is 5.34. The van der Waals surface area contributed by atoms with Crippen molar-refractivity contribution >= 4 is 23.1 Å². The van der Waals surface area contributed by atoms with Crippen LogP contribution in [0.25, 0.3) is 0 Å². The Morgan fingerprint density at radius 1 is 1.30 bits per heavy atom. The number of hydrogen-bond donors (Lipinski definition) is 2. The van der Waals surface area contributed by atoms with Crippen molar-refractivity contribution in [3.05, 3.63) is 40.8 Å². The van der Waals surface area contributed by atoms with Gasteiger partial charge in [0.15, 0.2) is 0 Å². The number of nitrogens with one attached hydrogen (secondary N) is 2. The van der Waals surface area contributed by atoms with E-state index in [-0.39, 0.29) is 5.28 Å². The van der Waals surface area contributed by atoms with Gasteiger partial charge in [-0.1, -0.05) is 12.1 Å². The summed E-state index contributed by atoms with van der Waals surface area (Å²) in [5.41, 5.74) is 2.93. The van der Waals surface area contributed by atoms with Gasteiger partial charge in [0.25, 0.3) is 0 Å². The molecule has 6 heteroatoms. The van der Waals surface area contributed by atoms with Gasteiger partial charge in [0.2, 0.25) is 5.28 Å². The highest BCUT2D eigenvalue weighted by molar-refractivity contribution is 6.28. The lowest BCUT2D eigenvalue weighted by Crippen LogP contribution is -2.26. The van der Waals surface area contributed by atoms with E-state index in [4.69, 9.17) is 16.3 Å². The topological polar surface area (TPSA) is 59.1 Å². The molecule has 0 radical (unpaired) electrons. The molecule has 5 nitrogen and oxygen atoms in total. The van der Waals surface area contributed by atoms with E-state index >= 15 is 0 Å². The molecular weight excluding hydrogens is 276 g/mol. The van der Waals surface area contributed by atoms with Crippen LogP contribution in [0.4, 0.5) is 11.5 Å². The van der Waals surface area contributed by atoms with Crippen molar-refractivity contribution < 1.29 is 4.74 Å². The Morgan fingerprint density at radius 3 is 3.00 bits per heavy atom. The Hall–Kier alpha value is -1.85. The Balaban J connectivity index is 2.00. The van der Waals surface area contributed by atoms with Crippen LogP contribution in [-0.2, 0) is 13.0 Å². The minimum absolute atomic E-state index is 0.254. The van der Waals surface area contributed by atoms with E-state index in [0.29, 0.717) is 0 Å². The van der Waals surface area contributed by atoms with Crippen LogP contribution in [0.3, 0.4) is 0 Å². The quantitative estimate of drug-likeness (QED) is 0.851. The van der Waals surface area contributed by atoms with Crippen molar-refractivity contribution in [2.24, 2.45) is 0 Å². The summed E-state index contributed by atoms with van der Waals surface area (Å²) in [6, 6.07) is 7.72.